The van der Waals surface area contributed by atoms with Gasteiger partial charge in [0.15, 0.2) is 0 Å². The van der Waals surface area contributed by atoms with Gasteiger partial charge in [-0.2, -0.15) is 0 Å². The van der Waals surface area contributed by atoms with Crippen LogP contribution in [-0.2, 0) is 9.47 Å². The second kappa shape index (κ2) is 8.31. The summed E-state index contributed by atoms with van der Waals surface area (Å²) in [7, 11) is 2.77. The van der Waals surface area contributed by atoms with Crippen LogP contribution in [0, 0.1) is 13.8 Å². The molecular weight excluding hydrogens is 376 g/mol. The Bertz CT molecular complexity index is 631. The van der Waals surface area contributed by atoms with E-state index in [1.54, 1.807) is 0 Å². The number of halogens is 1. The number of carbonyl (C=O) groups is 2. The molecule has 2 heterocycles. The third-order valence-electron chi connectivity index (χ3n) is 2.58. The lowest BCUT2D eigenvalue weighted by atomic mass is 10.3. The van der Waals surface area contributed by atoms with E-state index in [4.69, 9.17) is 0 Å². The van der Waals surface area contributed by atoms with Gasteiger partial charge in [0.1, 0.15) is 9.75 Å². The third-order valence-corrected chi connectivity index (χ3v) is 5.77. The number of aryl methyl sites for hydroxylation is 1. The number of hydrogen-bond donors (Lipinski definition) is 0. The van der Waals surface area contributed by atoms with E-state index in [0.29, 0.717) is 9.75 Å². The summed E-state index contributed by atoms with van der Waals surface area (Å²) >= 11 is 6.11. The van der Waals surface area contributed by atoms with E-state index in [0.717, 1.165) is 15.6 Å². The number of methoxy groups -OCH3 is 2. The summed E-state index contributed by atoms with van der Waals surface area (Å²) in [6.07, 6.45) is 0. The molecule has 0 amide bonds. The van der Waals surface area contributed by atoms with Crippen molar-refractivity contribution in [3.8, 4) is 0 Å². The average molecular weight is 391 g/mol. The second-order valence-corrected chi connectivity index (χ2v) is 6.60. The minimum atomic E-state index is -0.266. The molecule has 0 saturated carbocycles. The number of hydrogen-bond acceptors (Lipinski definition) is 6. The van der Waals surface area contributed by atoms with Crippen molar-refractivity contribution < 1.29 is 19.1 Å². The van der Waals surface area contributed by atoms with Gasteiger partial charge in [0.25, 0.3) is 0 Å². The van der Waals surface area contributed by atoms with Crippen molar-refractivity contribution in [2.75, 3.05) is 14.2 Å². The van der Waals surface area contributed by atoms with E-state index in [1.165, 1.54) is 36.9 Å². The van der Waals surface area contributed by atoms with Crippen molar-refractivity contribution in [1.82, 2.24) is 0 Å². The van der Waals surface area contributed by atoms with Crippen molar-refractivity contribution >= 4 is 50.5 Å². The van der Waals surface area contributed by atoms with Gasteiger partial charge in [-0.05, 0) is 52.4 Å². The number of thiophene rings is 2. The lowest BCUT2D eigenvalue weighted by Gasteiger charge is -1.95. The van der Waals surface area contributed by atoms with Crippen LogP contribution in [0.4, 0.5) is 0 Å². The molecule has 0 spiro atoms. The minimum absolute atomic E-state index is 0.243. The van der Waals surface area contributed by atoms with Gasteiger partial charge in [-0.1, -0.05) is 0 Å². The normalized spacial score (nSPS) is 9.57. The fraction of sp³-hybridized carbons (Fsp3) is 0.286. The van der Waals surface area contributed by atoms with Crippen LogP contribution in [0.3, 0.4) is 0 Å². The van der Waals surface area contributed by atoms with Crippen LogP contribution < -0.4 is 0 Å². The highest BCUT2D eigenvalue weighted by Gasteiger charge is 2.13. The highest BCUT2D eigenvalue weighted by molar-refractivity contribution is 9.10. The van der Waals surface area contributed by atoms with Gasteiger partial charge in [-0.25, -0.2) is 9.59 Å². The van der Waals surface area contributed by atoms with E-state index < -0.39 is 0 Å². The Balaban J connectivity index is 0.000000211. The maximum atomic E-state index is 11.0. The fourth-order valence-electron chi connectivity index (χ4n) is 1.36. The maximum absolute atomic E-state index is 11.0. The SMILES string of the molecule is COC(=O)c1scc(Br)c1C.COC(=O)c1sccc1C. The first-order valence-corrected chi connectivity index (χ1v) is 8.41. The summed E-state index contributed by atoms with van der Waals surface area (Å²) in [4.78, 5) is 23.3. The van der Waals surface area contributed by atoms with E-state index in [2.05, 4.69) is 25.4 Å². The Hall–Kier alpha value is -1.18. The summed E-state index contributed by atoms with van der Waals surface area (Å²) in [5.41, 5.74) is 1.93. The molecule has 114 valence electrons. The molecule has 0 unspecified atom stereocenters. The van der Waals surface area contributed by atoms with E-state index in [1.807, 2.05) is 30.7 Å². The Morgan fingerprint density at radius 2 is 1.62 bits per heavy atom. The van der Waals surface area contributed by atoms with Crippen molar-refractivity contribution in [1.29, 1.82) is 0 Å². The molecule has 0 aliphatic heterocycles. The number of esters is 2. The molecule has 2 aromatic heterocycles. The van der Waals surface area contributed by atoms with Gasteiger partial charge in [-0.15, -0.1) is 22.7 Å². The zero-order valence-electron chi connectivity index (χ0n) is 12.1. The predicted octanol–water partition coefficient (Wildman–Crippen LogP) is 4.45. The molecule has 0 bridgehead atoms. The van der Waals surface area contributed by atoms with Crippen LogP contribution in [0.25, 0.3) is 0 Å². The van der Waals surface area contributed by atoms with E-state index in [9.17, 15) is 9.59 Å². The first-order valence-electron chi connectivity index (χ1n) is 5.86. The number of carbonyl (C=O) groups excluding carboxylic acids is 2. The Labute approximate surface area is 139 Å². The minimum Gasteiger partial charge on any atom is -0.465 e. The lowest BCUT2D eigenvalue weighted by Crippen LogP contribution is -1.99. The molecule has 2 rings (SSSR count). The maximum Gasteiger partial charge on any atom is 0.348 e. The van der Waals surface area contributed by atoms with Gasteiger partial charge in [0.05, 0.1) is 14.2 Å². The molecule has 21 heavy (non-hydrogen) atoms. The molecule has 0 aromatic carbocycles. The van der Waals surface area contributed by atoms with Crippen LogP contribution in [-0.4, -0.2) is 26.2 Å². The van der Waals surface area contributed by atoms with Crippen molar-refractivity contribution in [2.45, 2.75) is 13.8 Å². The third kappa shape index (κ3) is 4.66. The van der Waals surface area contributed by atoms with Crippen LogP contribution in [0.1, 0.15) is 30.5 Å². The lowest BCUT2D eigenvalue weighted by molar-refractivity contribution is 0.0596. The van der Waals surface area contributed by atoms with Gasteiger partial charge in [0, 0.05) is 9.85 Å². The van der Waals surface area contributed by atoms with E-state index >= 15 is 0 Å². The highest BCUT2D eigenvalue weighted by Crippen LogP contribution is 2.26. The topological polar surface area (TPSA) is 52.6 Å². The molecule has 0 N–H and O–H groups in total. The van der Waals surface area contributed by atoms with Crippen molar-refractivity contribution in [3.05, 3.63) is 42.2 Å². The molecule has 2 aromatic rings. The first-order chi connectivity index (χ1) is 9.92. The summed E-state index contributed by atoms with van der Waals surface area (Å²) in [5.74, 6) is -0.509. The van der Waals surface area contributed by atoms with Crippen molar-refractivity contribution in [3.63, 3.8) is 0 Å². The smallest absolute Gasteiger partial charge is 0.348 e. The molecule has 7 heteroatoms. The Kier molecular flexibility index (Phi) is 7.07. The molecule has 4 nitrogen and oxygen atoms in total. The Morgan fingerprint density at radius 1 is 1.05 bits per heavy atom. The number of rotatable bonds is 2. The fourth-order valence-corrected chi connectivity index (χ4v) is 3.68. The van der Waals surface area contributed by atoms with E-state index in [-0.39, 0.29) is 11.9 Å². The molecular formula is C14H15BrO4S2. The average Bonchev–Trinajstić information content (AvgIpc) is 3.05. The van der Waals surface area contributed by atoms with Gasteiger partial charge >= 0.3 is 11.9 Å². The predicted molar refractivity (Wildman–Crippen MR) is 88.5 cm³/mol. The van der Waals surface area contributed by atoms with Gasteiger partial charge < -0.3 is 9.47 Å². The first kappa shape index (κ1) is 17.9. The highest BCUT2D eigenvalue weighted by atomic mass is 79.9. The van der Waals surface area contributed by atoms with Crippen molar-refractivity contribution in [2.24, 2.45) is 0 Å². The largest absolute Gasteiger partial charge is 0.465 e. The summed E-state index contributed by atoms with van der Waals surface area (Å²) < 4.78 is 10.1. The van der Waals surface area contributed by atoms with Gasteiger partial charge in [0.2, 0.25) is 0 Å². The summed E-state index contributed by atoms with van der Waals surface area (Å²) in [5, 5.41) is 3.75. The zero-order chi connectivity index (χ0) is 16.0. The molecule has 0 aliphatic carbocycles. The second-order valence-electron chi connectivity index (χ2n) is 3.95. The quantitative estimate of drug-likeness (QED) is 0.710. The van der Waals surface area contributed by atoms with Crippen LogP contribution >= 0.6 is 38.6 Å². The molecule has 0 atom stereocenters. The van der Waals surface area contributed by atoms with Crippen LogP contribution in [0.2, 0.25) is 0 Å². The zero-order valence-corrected chi connectivity index (χ0v) is 15.3. The summed E-state index contributed by atoms with van der Waals surface area (Å²) in [6.45, 7) is 3.77. The molecule has 0 radical (unpaired) electrons. The molecule has 0 aliphatic rings. The summed E-state index contributed by atoms with van der Waals surface area (Å²) in [6, 6.07) is 1.90. The van der Waals surface area contributed by atoms with Gasteiger partial charge in [-0.3, -0.25) is 0 Å². The monoisotopic (exact) mass is 390 g/mol. The standard InChI is InChI=1S/C7H7BrO2S.C7H8O2S/c1-4-5(8)3-11-6(4)7(9)10-2;1-5-3-4-10-6(5)7(8)9-2/h3H,1-2H3;3-4H,1-2H3. The number of ether oxygens (including phenoxy) is 2. The molecule has 0 fully saturated rings. The molecule has 0 saturated heterocycles. The Morgan fingerprint density at radius 3 is 2.00 bits per heavy atom. The van der Waals surface area contributed by atoms with Crippen LogP contribution in [0.15, 0.2) is 21.3 Å². The van der Waals surface area contributed by atoms with Crippen LogP contribution in [0.5, 0.6) is 0 Å².